The predicted molar refractivity (Wildman–Crippen MR) is 71.3 cm³/mol. The summed E-state index contributed by atoms with van der Waals surface area (Å²) in [6.45, 7) is 2.02. The molecule has 0 fully saturated rings. The monoisotopic (exact) mass is 264 g/mol. The molecule has 18 heavy (non-hydrogen) atoms. The van der Waals surface area contributed by atoms with Gasteiger partial charge in [-0.25, -0.2) is 0 Å². The van der Waals surface area contributed by atoms with Crippen LogP contribution in [-0.4, -0.2) is 10.2 Å². The smallest absolute Gasteiger partial charge is 0.302 e. The summed E-state index contributed by atoms with van der Waals surface area (Å²) in [6, 6.07) is 7.06. The highest BCUT2D eigenvalue weighted by Gasteiger charge is 2.02. The van der Waals surface area contributed by atoms with Crippen LogP contribution >= 0.6 is 11.6 Å². The van der Waals surface area contributed by atoms with Crippen molar-refractivity contribution in [3.63, 3.8) is 0 Å². The van der Waals surface area contributed by atoms with Crippen LogP contribution in [-0.2, 0) is 12.8 Å². The van der Waals surface area contributed by atoms with Gasteiger partial charge in [0.2, 0.25) is 5.43 Å². The number of nitrogens with one attached hydrogen (secondary N) is 2. The average molecular weight is 265 g/mol. The summed E-state index contributed by atoms with van der Waals surface area (Å²) in [7, 11) is 0. The topological polar surface area (TPSA) is 65.7 Å². The van der Waals surface area contributed by atoms with Crippen molar-refractivity contribution >= 4 is 11.6 Å². The van der Waals surface area contributed by atoms with Gasteiger partial charge in [0, 0.05) is 16.8 Å². The normalized spacial score (nSPS) is 10.6. The second-order valence-corrected chi connectivity index (χ2v) is 4.62. The highest BCUT2D eigenvalue weighted by Crippen LogP contribution is 2.16. The molecule has 0 atom stereocenters. The van der Waals surface area contributed by atoms with Crippen molar-refractivity contribution in [2.24, 2.45) is 0 Å². The number of aryl methyl sites for hydroxylation is 3. The van der Waals surface area contributed by atoms with E-state index in [4.69, 9.17) is 11.6 Å². The van der Waals surface area contributed by atoms with Crippen LogP contribution in [0.2, 0.25) is 5.02 Å². The third-order valence-corrected chi connectivity index (χ3v) is 3.08. The van der Waals surface area contributed by atoms with Crippen molar-refractivity contribution in [3.05, 3.63) is 66.7 Å². The molecule has 0 radical (unpaired) electrons. The van der Waals surface area contributed by atoms with E-state index in [0.717, 1.165) is 17.5 Å². The molecular formula is C13H13ClN2O2. The number of hydrogen-bond donors (Lipinski definition) is 2. The van der Waals surface area contributed by atoms with Crippen molar-refractivity contribution < 1.29 is 0 Å². The summed E-state index contributed by atoms with van der Waals surface area (Å²) in [5, 5.41) is 5.72. The maximum absolute atomic E-state index is 11.2. The lowest BCUT2D eigenvalue weighted by Crippen LogP contribution is -2.27. The summed E-state index contributed by atoms with van der Waals surface area (Å²) in [5.41, 5.74) is 1.85. The Kier molecular flexibility index (Phi) is 3.67. The van der Waals surface area contributed by atoms with Crippen LogP contribution in [0.3, 0.4) is 0 Å². The minimum Gasteiger partial charge on any atom is -0.302 e. The first-order chi connectivity index (χ1) is 8.56. The molecule has 0 bridgehead atoms. The molecule has 0 amide bonds. The van der Waals surface area contributed by atoms with Gasteiger partial charge < -0.3 is 5.10 Å². The molecule has 1 heterocycles. The minimum absolute atomic E-state index is 0.522. The lowest BCUT2D eigenvalue weighted by Gasteiger charge is -2.06. The number of halogens is 1. The molecular weight excluding hydrogens is 252 g/mol. The molecule has 0 spiro atoms. The molecule has 0 saturated heterocycles. The summed E-state index contributed by atoms with van der Waals surface area (Å²) in [4.78, 5) is 22.1. The number of aromatic amines is 2. The predicted octanol–water partition coefficient (Wildman–Crippen LogP) is 1.81. The molecule has 0 saturated carbocycles. The van der Waals surface area contributed by atoms with E-state index in [-0.39, 0.29) is 0 Å². The van der Waals surface area contributed by atoms with Crippen molar-refractivity contribution in [3.8, 4) is 0 Å². The molecule has 2 rings (SSSR count). The van der Waals surface area contributed by atoms with E-state index in [0.29, 0.717) is 17.1 Å². The van der Waals surface area contributed by atoms with Gasteiger partial charge in [0.05, 0.1) is 0 Å². The first-order valence-electron chi connectivity index (χ1n) is 5.62. The number of rotatable bonds is 3. The first kappa shape index (κ1) is 12.6. The Labute approximate surface area is 109 Å². The summed E-state index contributed by atoms with van der Waals surface area (Å²) < 4.78 is 0. The third-order valence-electron chi connectivity index (χ3n) is 2.84. The molecule has 1 aromatic carbocycles. The van der Waals surface area contributed by atoms with E-state index >= 15 is 0 Å². The Bertz CT molecular complexity index is 673. The molecule has 4 nitrogen and oxygen atoms in total. The number of hydrogen-bond acceptors (Lipinski definition) is 2. The van der Waals surface area contributed by atoms with E-state index in [2.05, 4.69) is 10.2 Å². The molecule has 0 aliphatic carbocycles. The van der Waals surface area contributed by atoms with E-state index in [1.807, 2.05) is 25.1 Å². The van der Waals surface area contributed by atoms with Gasteiger partial charge in [-0.05, 0) is 43.0 Å². The van der Waals surface area contributed by atoms with Gasteiger partial charge in [0.25, 0.3) is 0 Å². The van der Waals surface area contributed by atoms with Crippen LogP contribution in [0.5, 0.6) is 0 Å². The Morgan fingerprint density at radius 2 is 1.89 bits per heavy atom. The first-order valence-corrected chi connectivity index (χ1v) is 6.00. The summed E-state index contributed by atoms with van der Waals surface area (Å²) in [5.74, 6) is 0. The van der Waals surface area contributed by atoms with Gasteiger partial charge in [-0.1, -0.05) is 17.7 Å². The van der Waals surface area contributed by atoms with Gasteiger partial charge in [-0.2, -0.15) is 0 Å². The maximum Gasteiger partial charge on any atom is 0.310 e. The Morgan fingerprint density at radius 3 is 2.61 bits per heavy atom. The zero-order valence-electron chi connectivity index (χ0n) is 9.92. The largest absolute Gasteiger partial charge is 0.310 e. The van der Waals surface area contributed by atoms with Crippen LogP contribution in [0.4, 0.5) is 0 Å². The maximum atomic E-state index is 11.2. The fourth-order valence-electron chi connectivity index (χ4n) is 1.77. The van der Waals surface area contributed by atoms with Gasteiger partial charge in [0.1, 0.15) is 0 Å². The fourth-order valence-corrected chi connectivity index (χ4v) is 1.97. The van der Waals surface area contributed by atoms with Gasteiger partial charge in [-0.3, -0.25) is 14.7 Å². The zero-order chi connectivity index (χ0) is 13.1. The average Bonchev–Trinajstić information content (AvgIpc) is 2.34. The number of aromatic nitrogens is 2. The standard InChI is InChI=1S/C13H13ClN2O2/c1-8-2-4-10(14)6-9(8)3-5-11-7-12(17)13(18)16-15-11/h2,4,6-7H,3,5H2,1H3,(H,15,17)(H,16,18). The lowest BCUT2D eigenvalue weighted by molar-refractivity contribution is 0.835. The highest BCUT2D eigenvalue weighted by atomic mass is 35.5. The summed E-state index contributed by atoms with van der Waals surface area (Å²) >= 11 is 5.94. The minimum atomic E-state index is -0.627. The van der Waals surface area contributed by atoms with E-state index < -0.39 is 11.0 Å². The third kappa shape index (κ3) is 2.90. The van der Waals surface area contributed by atoms with Crippen molar-refractivity contribution in [1.82, 2.24) is 10.2 Å². The molecule has 2 aromatic rings. The quantitative estimate of drug-likeness (QED) is 0.831. The molecule has 0 aliphatic heterocycles. The molecule has 0 unspecified atom stereocenters. The van der Waals surface area contributed by atoms with Gasteiger partial charge in [0.15, 0.2) is 0 Å². The Morgan fingerprint density at radius 1 is 1.11 bits per heavy atom. The second-order valence-electron chi connectivity index (χ2n) is 4.18. The lowest BCUT2D eigenvalue weighted by atomic mass is 10.0. The van der Waals surface area contributed by atoms with Crippen molar-refractivity contribution in [1.29, 1.82) is 0 Å². The number of benzene rings is 1. The number of H-pyrrole nitrogens is 2. The summed E-state index contributed by atoms with van der Waals surface area (Å²) in [6.07, 6.45) is 1.40. The Balaban J connectivity index is 2.16. The van der Waals surface area contributed by atoms with E-state index in [1.165, 1.54) is 6.07 Å². The Hall–Kier alpha value is -1.81. The highest BCUT2D eigenvalue weighted by molar-refractivity contribution is 6.30. The van der Waals surface area contributed by atoms with Crippen molar-refractivity contribution in [2.45, 2.75) is 19.8 Å². The second kappa shape index (κ2) is 5.23. The van der Waals surface area contributed by atoms with Crippen LogP contribution in [0.1, 0.15) is 16.8 Å². The van der Waals surface area contributed by atoms with Crippen LogP contribution in [0, 0.1) is 6.92 Å². The van der Waals surface area contributed by atoms with Crippen LogP contribution in [0.25, 0.3) is 0 Å². The zero-order valence-corrected chi connectivity index (χ0v) is 10.7. The van der Waals surface area contributed by atoms with Crippen molar-refractivity contribution in [2.75, 3.05) is 0 Å². The van der Waals surface area contributed by atoms with Gasteiger partial charge >= 0.3 is 5.56 Å². The van der Waals surface area contributed by atoms with Crippen LogP contribution < -0.4 is 11.0 Å². The molecule has 1 aromatic heterocycles. The molecule has 2 N–H and O–H groups in total. The van der Waals surface area contributed by atoms with Crippen LogP contribution in [0.15, 0.2) is 33.9 Å². The molecule has 5 heteroatoms. The SMILES string of the molecule is Cc1ccc(Cl)cc1CCc1cc(=O)c(=O)[nH][nH]1. The van der Waals surface area contributed by atoms with Gasteiger partial charge in [-0.15, -0.1) is 0 Å². The molecule has 94 valence electrons. The molecule has 0 aliphatic rings. The fraction of sp³-hybridized carbons (Fsp3) is 0.231. The van der Waals surface area contributed by atoms with E-state index in [9.17, 15) is 9.59 Å². The van der Waals surface area contributed by atoms with E-state index in [1.54, 1.807) is 0 Å².